The van der Waals surface area contributed by atoms with Gasteiger partial charge in [-0.1, -0.05) is 11.6 Å². The number of likely N-dealkylation sites (N-methyl/N-ethyl adjacent to an activating group) is 1. The van der Waals surface area contributed by atoms with Gasteiger partial charge in [-0.25, -0.2) is 4.98 Å². The molecule has 2 rings (SSSR count). The van der Waals surface area contributed by atoms with Crippen LogP contribution in [0.25, 0.3) is 0 Å². The highest BCUT2D eigenvalue weighted by molar-refractivity contribution is 6.29. The summed E-state index contributed by atoms with van der Waals surface area (Å²) >= 11 is 5.81. The Morgan fingerprint density at radius 2 is 2.05 bits per heavy atom. The fourth-order valence-corrected chi connectivity index (χ4v) is 2.33. The monoisotopic (exact) mass is 283 g/mol. The van der Waals surface area contributed by atoms with Crippen molar-refractivity contribution in [1.82, 2.24) is 19.8 Å². The van der Waals surface area contributed by atoms with E-state index in [1.165, 1.54) is 26.2 Å². The van der Waals surface area contributed by atoms with Crippen molar-refractivity contribution in [2.45, 2.75) is 19.4 Å². The largest absolute Gasteiger partial charge is 0.366 e. The van der Waals surface area contributed by atoms with Gasteiger partial charge in [-0.05, 0) is 20.4 Å². The fraction of sp³-hybridized carbons (Fsp3) is 0.692. The first-order chi connectivity index (χ1) is 9.13. The molecule has 0 aromatic carbocycles. The molecule has 1 aliphatic heterocycles. The Morgan fingerprint density at radius 3 is 2.74 bits per heavy atom. The van der Waals surface area contributed by atoms with Gasteiger partial charge < -0.3 is 15.1 Å². The number of aromatic nitrogens is 2. The Bertz CT molecular complexity index is 392. The van der Waals surface area contributed by atoms with Gasteiger partial charge in [0.05, 0.1) is 12.4 Å². The summed E-state index contributed by atoms with van der Waals surface area (Å²) in [5, 5.41) is 3.76. The Balaban J connectivity index is 1.71. The van der Waals surface area contributed by atoms with Gasteiger partial charge in [0.2, 0.25) is 0 Å². The normalized spacial score (nSPS) is 19.3. The Hall–Kier alpha value is -0.910. The van der Waals surface area contributed by atoms with Crippen LogP contribution in [0.15, 0.2) is 12.4 Å². The first-order valence-electron chi connectivity index (χ1n) is 6.78. The van der Waals surface area contributed by atoms with E-state index < -0.39 is 0 Å². The van der Waals surface area contributed by atoms with Crippen LogP contribution in [-0.4, -0.2) is 65.6 Å². The smallest absolute Gasteiger partial charge is 0.149 e. The van der Waals surface area contributed by atoms with Gasteiger partial charge in [0, 0.05) is 38.8 Å². The lowest BCUT2D eigenvalue weighted by molar-refractivity contribution is 0.151. The van der Waals surface area contributed by atoms with Gasteiger partial charge in [-0.15, -0.1) is 0 Å². The quantitative estimate of drug-likeness (QED) is 0.889. The molecule has 1 aromatic heterocycles. The molecule has 106 valence electrons. The van der Waals surface area contributed by atoms with E-state index in [0.29, 0.717) is 11.2 Å². The van der Waals surface area contributed by atoms with Gasteiger partial charge in [0.25, 0.3) is 0 Å². The second kappa shape index (κ2) is 7.03. The maximum Gasteiger partial charge on any atom is 0.149 e. The van der Waals surface area contributed by atoms with E-state index in [1.807, 2.05) is 0 Å². The summed E-state index contributed by atoms with van der Waals surface area (Å²) in [6.07, 6.45) is 4.35. The highest BCUT2D eigenvalue weighted by Crippen LogP contribution is 2.10. The van der Waals surface area contributed by atoms with Crippen molar-refractivity contribution in [3.8, 4) is 0 Å². The van der Waals surface area contributed by atoms with Crippen molar-refractivity contribution in [2.75, 3.05) is 45.1 Å². The lowest BCUT2D eigenvalue weighted by atomic mass is 10.2. The zero-order valence-corrected chi connectivity index (χ0v) is 12.4. The molecule has 0 aliphatic carbocycles. The summed E-state index contributed by atoms with van der Waals surface area (Å²) in [4.78, 5) is 13.1. The minimum Gasteiger partial charge on any atom is -0.366 e. The topological polar surface area (TPSA) is 44.3 Å². The molecule has 0 radical (unpaired) electrons. The molecule has 1 aromatic rings. The van der Waals surface area contributed by atoms with E-state index in [1.54, 1.807) is 12.4 Å². The predicted molar refractivity (Wildman–Crippen MR) is 78.7 cm³/mol. The van der Waals surface area contributed by atoms with Gasteiger partial charge in [-0.3, -0.25) is 4.98 Å². The van der Waals surface area contributed by atoms with Gasteiger partial charge >= 0.3 is 0 Å². The fourth-order valence-electron chi connectivity index (χ4n) is 2.18. The van der Waals surface area contributed by atoms with Crippen LogP contribution in [-0.2, 0) is 0 Å². The number of hydrogen-bond donors (Lipinski definition) is 1. The second-order valence-electron chi connectivity index (χ2n) is 5.21. The molecule has 6 heteroatoms. The van der Waals surface area contributed by atoms with Crippen molar-refractivity contribution in [3.05, 3.63) is 17.5 Å². The molecule has 0 amide bonds. The van der Waals surface area contributed by atoms with Crippen LogP contribution in [0.5, 0.6) is 0 Å². The minimum absolute atomic E-state index is 0.368. The molecule has 0 spiro atoms. The average molecular weight is 284 g/mol. The predicted octanol–water partition coefficient (Wildman–Crippen LogP) is 1.57. The zero-order valence-electron chi connectivity index (χ0n) is 11.6. The summed E-state index contributed by atoms with van der Waals surface area (Å²) in [6.45, 7) is 7.96. The number of halogens is 1. The molecule has 1 saturated heterocycles. The molecule has 0 saturated carbocycles. The number of piperazine rings is 1. The van der Waals surface area contributed by atoms with E-state index in [4.69, 9.17) is 11.6 Å². The van der Waals surface area contributed by atoms with E-state index in [0.717, 1.165) is 18.8 Å². The third-order valence-corrected chi connectivity index (χ3v) is 3.66. The molecular formula is C13H22ClN5. The van der Waals surface area contributed by atoms with Crippen molar-refractivity contribution in [2.24, 2.45) is 0 Å². The first kappa shape index (κ1) is 14.5. The van der Waals surface area contributed by atoms with E-state index in [-0.39, 0.29) is 0 Å². The van der Waals surface area contributed by atoms with Crippen molar-refractivity contribution >= 4 is 17.4 Å². The van der Waals surface area contributed by atoms with Crippen LogP contribution in [0, 0.1) is 0 Å². The summed E-state index contributed by atoms with van der Waals surface area (Å²) in [5.41, 5.74) is 0. The molecule has 1 aliphatic rings. The standard InChI is InChI=1S/C13H22ClN5/c1-11(16-13-10-15-9-12(14)17-13)3-4-19-7-5-18(2)6-8-19/h9-11H,3-8H2,1-2H3,(H,16,17). The molecule has 1 atom stereocenters. The van der Waals surface area contributed by atoms with Crippen LogP contribution in [0.1, 0.15) is 13.3 Å². The van der Waals surface area contributed by atoms with Crippen LogP contribution in [0.3, 0.4) is 0 Å². The zero-order chi connectivity index (χ0) is 13.7. The Morgan fingerprint density at radius 1 is 1.32 bits per heavy atom. The summed E-state index contributed by atoms with van der Waals surface area (Å²) in [5.74, 6) is 0.748. The summed E-state index contributed by atoms with van der Waals surface area (Å²) in [7, 11) is 2.18. The highest BCUT2D eigenvalue weighted by atomic mass is 35.5. The first-order valence-corrected chi connectivity index (χ1v) is 7.16. The van der Waals surface area contributed by atoms with Crippen LogP contribution in [0.2, 0.25) is 5.15 Å². The van der Waals surface area contributed by atoms with Crippen LogP contribution >= 0.6 is 11.6 Å². The Kier molecular flexibility index (Phi) is 5.36. The van der Waals surface area contributed by atoms with E-state index in [9.17, 15) is 0 Å². The minimum atomic E-state index is 0.368. The van der Waals surface area contributed by atoms with E-state index >= 15 is 0 Å². The van der Waals surface area contributed by atoms with Crippen LogP contribution in [0.4, 0.5) is 5.82 Å². The molecule has 0 bridgehead atoms. The highest BCUT2D eigenvalue weighted by Gasteiger charge is 2.14. The molecule has 1 fully saturated rings. The Labute approximate surface area is 120 Å². The number of hydrogen-bond acceptors (Lipinski definition) is 5. The van der Waals surface area contributed by atoms with Gasteiger partial charge in [0.1, 0.15) is 11.0 Å². The summed E-state index contributed by atoms with van der Waals surface area (Å²) in [6, 6.07) is 0.368. The third-order valence-electron chi connectivity index (χ3n) is 3.47. The number of rotatable bonds is 5. The molecular weight excluding hydrogens is 262 g/mol. The van der Waals surface area contributed by atoms with E-state index in [2.05, 4.69) is 39.1 Å². The number of anilines is 1. The maximum absolute atomic E-state index is 5.81. The van der Waals surface area contributed by atoms with Crippen molar-refractivity contribution < 1.29 is 0 Å². The van der Waals surface area contributed by atoms with Crippen LogP contribution < -0.4 is 5.32 Å². The molecule has 2 heterocycles. The lowest BCUT2D eigenvalue weighted by Crippen LogP contribution is -2.45. The average Bonchev–Trinajstić information content (AvgIpc) is 2.38. The van der Waals surface area contributed by atoms with Crippen molar-refractivity contribution in [1.29, 1.82) is 0 Å². The van der Waals surface area contributed by atoms with Gasteiger partial charge in [-0.2, -0.15) is 0 Å². The molecule has 19 heavy (non-hydrogen) atoms. The maximum atomic E-state index is 5.81. The molecule has 5 nitrogen and oxygen atoms in total. The molecule has 1 N–H and O–H groups in total. The van der Waals surface area contributed by atoms with Gasteiger partial charge in [0.15, 0.2) is 0 Å². The lowest BCUT2D eigenvalue weighted by Gasteiger charge is -2.33. The third kappa shape index (κ3) is 4.93. The molecule has 1 unspecified atom stereocenters. The summed E-state index contributed by atoms with van der Waals surface area (Å²) < 4.78 is 0. The number of nitrogens with zero attached hydrogens (tertiary/aromatic N) is 4. The van der Waals surface area contributed by atoms with Crippen molar-refractivity contribution in [3.63, 3.8) is 0 Å². The SMILES string of the molecule is CC(CCN1CCN(C)CC1)Nc1cncc(Cl)n1. The number of nitrogens with one attached hydrogen (secondary N) is 1. The second-order valence-corrected chi connectivity index (χ2v) is 5.59.